The molecule has 2 rings (SSSR count). The molecule has 2 aromatic rings. The molecule has 0 aliphatic heterocycles. The van der Waals surface area contributed by atoms with Crippen LogP contribution in [0.1, 0.15) is 5.56 Å². The van der Waals surface area contributed by atoms with Gasteiger partial charge in [0.1, 0.15) is 16.5 Å². The molecule has 0 aromatic heterocycles. The van der Waals surface area contributed by atoms with Crippen LogP contribution in [0.2, 0.25) is 0 Å². The Labute approximate surface area is 119 Å². The number of nitrogens with zero attached hydrogens (tertiary/aromatic N) is 1. The molecule has 8 nitrogen and oxygen atoms in total. The van der Waals surface area contributed by atoms with Gasteiger partial charge in [0, 0.05) is 5.39 Å². The van der Waals surface area contributed by atoms with Crippen LogP contribution in [0, 0.1) is 11.3 Å². The average Bonchev–Trinajstić information content (AvgIpc) is 2.35. The summed E-state index contributed by atoms with van der Waals surface area (Å²) in [5, 5.41) is 18.7. The van der Waals surface area contributed by atoms with Gasteiger partial charge >= 0.3 is 0 Å². The van der Waals surface area contributed by atoms with Crippen molar-refractivity contribution in [2.45, 2.75) is 9.79 Å². The Kier molecular flexibility index (Phi) is 3.38. The maximum absolute atomic E-state index is 11.2. The van der Waals surface area contributed by atoms with E-state index in [1.54, 1.807) is 6.07 Å². The highest BCUT2D eigenvalue weighted by molar-refractivity contribution is 7.86. The van der Waals surface area contributed by atoms with Crippen molar-refractivity contribution in [2.75, 3.05) is 0 Å². The van der Waals surface area contributed by atoms with E-state index in [0.717, 1.165) is 24.3 Å². The molecule has 21 heavy (non-hydrogen) atoms. The van der Waals surface area contributed by atoms with Crippen molar-refractivity contribution in [3.05, 3.63) is 29.8 Å². The summed E-state index contributed by atoms with van der Waals surface area (Å²) in [4.78, 5) is -1.45. The van der Waals surface area contributed by atoms with Crippen LogP contribution < -0.4 is 0 Å². The summed E-state index contributed by atoms with van der Waals surface area (Å²) in [6.45, 7) is 0. The van der Waals surface area contributed by atoms with Gasteiger partial charge in [-0.15, -0.1) is 0 Å². The highest BCUT2D eigenvalue weighted by atomic mass is 32.2. The Morgan fingerprint density at radius 3 is 2.10 bits per heavy atom. The van der Waals surface area contributed by atoms with Crippen LogP contribution in [-0.2, 0) is 20.2 Å². The van der Waals surface area contributed by atoms with Gasteiger partial charge in [0.05, 0.1) is 4.90 Å². The fraction of sp³-hybridized carbons (Fsp3) is 0. The van der Waals surface area contributed by atoms with Gasteiger partial charge in [0.25, 0.3) is 20.2 Å². The number of phenols is 1. The molecule has 0 saturated heterocycles. The van der Waals surface area contributed by atoms with Gasteiger partial charge in [-0.25, -0.2) is 0 Å². The minimum absolute atomic E-state index is 0.0629. The molecule has 0 fully saturated rings. The fourth-order valence-corrected chi connectivity index (χ4v) is 2.96. The summed E-state index contributed by atoms with van der Waals surface area (Å²) < 4.78 is 62.4. The van der Waals surface area contributed by atoms with Crippen LogP contribution in [0.15, 0.2) is 34.1 Å². The Balaban J connectivity index is 3.01. The van der Waals surface area contributed by atoms with Crippen molar-refractivity contribution in [2.24, 2.45) is 0 Å². The summed E-state index contributed by atoms with van der Waals surface area (Å²) in [5.41, 5.74) is -0.443. The number of benzene rings is 2. The molecule has 10 heteroatoms. The zero-order valence-corrected chi connectivity index (χ0v) is 11.7. The fourth-order valence-electron chi connectivity index (χ4n) is 1.82. The Morgan fingerprint density at radius 2 is 1.62 bits per heavy atom. The molecule has 3 N–H and O–H groups in total. The van der Waals surface area contributed by atoms with Crippen molar-refractivity contribution in [1.29, 1.82) is 5.26 Å². The van der Waals surface area contributed by atoms with Crippen LogP contribution in [-0.4, -0.2) is 31.0 Å². The third-order valence-corrected chi connectivity index (χ3v) is 4.45. The van der Waals surface area contributed by atoms with E-state index < -0.39 is 41.3 Å². The molecule has 0 atom stereocenters. The van der Waals surface area contributed by atoms with E-state index in [1.807, 2.05) is 0 Å². The third-order valence-electron chi connectivity index (χ3n) is 2.74. The molecule has 0 bridgehead atoms. The van der Waals surface area contributed by atoms with Crippen molar-refractivity contribution < 1.29 is 31.0 Å². The van der Waals surface area contributed by atoms with E-state index in [0.29, 0.717) is 0 Å². The van der Waals surface area contributed by atoms with Gasteiger partial charge in [0.2, 0.25) is 0 Å². The van der Waals surface area contributed by atoms with Crippen LogP contribution in [0.5, 0.6) is 5.75 Å². The molecule has 0 saturated carbocycles. The van der Waals surface area contributed by atoms with Gasteiger partial charge in [0.15, 0.2) is 5.75 Å². The molecule has 0 aliphatic rings. The van der Waals surface area contributed by atoms with Crippen LogP contribution in [0.25, 0.3) is 10.8 Å². The molecule has 0 aliphatic carbocycles. The zero-order valence-electron chi connectivity index (χ0n) is 10.0. The van der Waals surface area contributed by atoms with E-state index in [4.69, 9.17) is 14.4 Å². The first-order chi connectivity index (χ1) is 9.55. The normalized spacial score (nSPS) is 12.2. The van der Waals surface area contributed by atoms with E-state index in [-0.39, 0.29) is 10.8 Å². The third kappa shape index (κ3) is 2.67. The first kappa shape index (κ1) is 15.2. The average molecular weight is 329 g/mol. The van der Waals surface area contributed by atoms with E-state index in [1.165, 1.54) is 0 Å². The van der Waals surface area contributed by atoms with Gasteiger partial charge in [-0.2, -0.15) is 22.1 Å². The number of aromatic hydroxyl groups is 1. The maximum Gasteiger partial charge on any atom is 0.298 e. The highest BCUT2D eigenvalue weighted by Gasteiger charge is 2.22. The topological polar surface area (TPSA) is 153 Å². The Bertz CT molecular complexity index is 1000. The maximum atomic E-state index is 11.2. The second kappa shape index (κ2) is 4.68. The number of rotatable bonds is 2. The highest BCUT2D eigenvalue weighted by Crippen LogP contribution is 2.34. The lowest BCUT2D eigenvalue weighted by molar-refractivity contribution is 0.443. The lowest BCUT2D eigenvalue weighted by atomic mass is 10.0. The lowest BCUT2D eigenvalue weighted by Gasteiger charge is -2.08. The molecule has 0 heterocycles. The monoisotopic (exact) mass is 329 g/mol. The quantitative estimate of drug-likeness (QED) is 0.687. The largest absolute Gasteiger partial charge is 0.505 e. The van der Waals surface area contributed by atoms with Crippen molar-refractivity contribution >= 4 is 31.0 Å². The number of nitriles is 1. The van der Waals surface area contributed by atoms with Gasteiger partial charge < -0.3 is 5.11 Å². The first-order valence-corrected chi connectivity index (χ1v) is 8.08. The molecule has 0 unspecified atom stereocenters. The van der Waals surface area contributed by atoms with E-state index >= 15 is 0 Å². The van der Waals surface area contributed by atoms with E-state index in [9.17, 15) is 21.9 Å². The second-order valence-corrected chi connectivity index (χ2v) is 6.85. The van der Waals surface area contributed by atoms with Crippen molar-refractivity contribution in [1.82, 2.24) is 0 Å². The molecule has 2 aromatic carbocycles. The number of phenolic OH excluding ortho intramolecular Hbond substituents is 1. The summed E-state index contributed by atoms with van der Waals surface area (Å²) in [5.74, 6) is -0.938. The SMILES string of the molecule is N#Cc1c(O)c(S(=O)(=O)O)cc2cc(S(=O)(=O)O)ccc12. The number of hydrogen-bond acceptors (Lipinski definition) is 6. The predicted molar refractivity (Wildman–Crippen MR) is 70.0 cm³/mol. The van der Waals surface area contributed by atoms with E-state index in [2.05, 4.69) is 0 Å². The summed E-state index contributed by atoms with van der Waals surface area (Å²) >= 11 is 0. The molecule has 0 radical (unpaired) electrons. The minimum atomic E-state index is -4.82. The van der Waals surface area contributed by atoms with Crippen LogP contribution >= 0.6 is 0 Å². The van der Waals surface area contributed by atoms with Crippen LogP contribution in [0.4, 0.5) is 0 Å². The second-order valence-electron chi connectivity index (χ2n) is 4.04. The van der Waals surface area contributed by atoms with Gasteiger partial charge in [-0.1, -0.05) is 6.07 Å². The Hall–Kier alpha value is -2.19. The zero-order chi connectivity index (χ0) is 16.0. The minimum Gasteiger partial charge on any atom is -0.505 e. The van der Waals surface area contributed by atoms with Crippen LogP contribution in [0.3, 0.4) is 0 Å². The summed E-state index contributed by atoms with van der Waals surface area (Å²) in [7, 11) is -9.35. The smallest absolute Gasteiger partial charge is 0.298 e. The molecule has 0 spiro atoms. The summed E-state index contributed by atoms with van der Waals surface area (Å²) in [6, 6.07) is 5.41. The standard InChI is InChI=1S/C11H7NO7S2/c12-5-9-8-2-1-7(20(14,15)16)3-6(8)4-10(11(9)13)21(17,18)19/h1-4,13H,(H,14,15,16)(H,17,18,19). The molecular formula is C11H7NO7S2. The lowest BCUT2D eigenvalue weighted by Crippen LogP contribution is -2.02. The Morgan fingerprint density at radius 1 is 1.00 bits per heavy atom. The van der Waals surface area contributed by atoms with Gasteiger partial charge in [-0.3, -0.25) is 9.11 Å². The molecular weight excluding hydrogens is 322 g/mol. The number of fused-ring (bicyclic) bond motifs is 1. The van der Waals surface area contributed by atoms with Crippen molar-refractivity contribution in [3.63, 3.8) is 0 Å². The molecule has 0 amide bonds. The predicted octanol–water partition coefficient (Wildman–Crippen LogP) is 0.910. The summed E-state index contributed by atoms with van der Waals surface area (Å²) in [6.07, 6.45) is 0. The number of hydrogen-bond donors (Lipinski definition) is 3. The van der Waals surface area contributed by atoms with Gasteiger partial charge in [-0.05, 0) is 23.6 Å². The molecule has 110 valence electrons. The van der Waals surface area contributed by atoms with Crippen molar-refractivity contribution in [3.8, 4) is 11.8 Å². The first-order valence-electron chi connectivity index (χ1n) is 5.20.